The molecule has 0 aromatic heterocycles. The van der Waals surface area contributed by atoms with Gasteiger partial charge in [-0.1, -0.05) is 29.8 Å². The number of aliphatic hydroxyl groups is 1. The van der Waals surface area contributed by atoms with Crippen LogP contribution in [0.3, 0.4) is 0 Å². The Labute approximate surface area is 156 Å². The number of aliphatic imine (C=N–C) groups is 1. The summed E-state index contributed by atoms with van der Waals surface area (Å²) in [6.45, 7) is 0. The maximum atomic E-state index is 13.4. The molecule has 3 atom stereocenters. The third kappa shape index (κ3) is 2.75. The Kier molecular flexibility index (Phi) is 3.69. The SMILES string of the molecule is OC1N=C(N[C@H]2C[C@@H]2F)c2ccc(C3CC3)cc2N1c1ccccc1Cl. The van der Waals surface area contributed by atoms with E-state index in [0.29, 0.717) is 28.9 Å². The molecule has 4 nitrogen and oxygen atoms in total. The maximum Gasteiger partial charge on any atom is 0.231 e. The molecule has 0 spiro atoms. The van der Waals surface area contributed by atoms with Gasteiger partial charge < -0.3 is 10.4 Å². The molecule has 2 fully saturated rings. The maximum absolute atomic E-state index is 13.4. The van der Waals surface area contributed by atoms with Crippen molar-refractivity contribution < 1.29 is 9.50 Å². The van der Waals surface area contributed by atoms with E-state index in [2.05, 4.69) is 22.4 Å². The lowest BCUT2D eigenvalue weighted by Crippen LogP contribution is -2.40. The second-order valence-electron chi connectivity index (χ2n) is 7.20. The number of hydrogen-bond acceptors (Lipinski definition) is 4. The van der Waals surface area contributed by atoms with Crippen LogP contribution >= 0.6 is 11.6 Å². The van der Waals surface area contributed by atoms with Crippen LogP contribution in [0.25, 0.3) is 0 Å². The first kappa shape index (κ1) is 16.1. The first-order chi connectivity index (χ1) is 12.6. The minimum Gasteiger partial charge on any atom is -0.364 e. The van der Waals surface area contributed by atoms with Gasteiger partial charge in [0.15, 0.2) is 0 Å². The number of fused-ring (bicyclic) bond motifs is 1. The fourth-order valence-electron chi connectivity index (χ4n) is 3.49. The third-order valence-electron chi connectivity index (χ3n) is 5.21. The highest BCUT2D eigenvalue weighted by Crippen LogP contribution is 2.44. The van der Waals surface area contributed by atoms with Crippen LogP contribution in [0.4, 0.5) is 15.8 Å². The van der Waals surface area contributed by atoms with Gasteiger partial charge in [0.05, 0.1) is 22.4 Å². The third-order valence-corrected chi connectivity index (χ3v) is 5.53. The number of nitrogens with zero attached hydrogens (tertiary/aromatic N) is 2. The molecule has 1 unspecified atom stereocenters. The van der Waals surface area contributed by atoms with Crippen LogP contribution in [-0.2, 0) is 0 Å². The van der Waals surface area contributed by atoms with Crippen molar-refractivity contribution >= 4 is 28.8 Å². The topological polar surface area (TPSA) is 47.9 Å². The molecule has 0 amide bonds. The van der Waals surface area contributed by atoms with Crippen molar-refractivity contribution in [3.63, 3.8) is 0 Å². The molecular weight excluding hydrogens is 353 g/mol. The van der Waals surface area contributed by atoms with Gasteiger partial charge in [-0.2, -0.15) is 0 Å². The van der Waals surface area contributed by atoms with E-state index in [1.54, 1.807) is 11.0 Å². The monoisotopic (exact) mass is 371 g/mol. The fourth-order valence-corrected chi connectivity index (χ4v) is 3.72. The van der Waals surface area contributed by atoms with Crippen molar-refractivity contribution in [2.24, 2.45) is 4.99 Å². The zero-order chi connectivity index (χ0) is 17.8. The van der Waals surface area contributed by atoms with Crippen LogP contribution in [-0.4, -0.2) is 29.5 Å². The number of rotatable bonds is 3. The number of benzene rings is 2. The molecule has 134 valence electrons. The molecule has 26 heavy (non-hydrogen) atoms. The van der Waals surface area contributed by atoms with Crippen LogP contribution in [0.2, 0.25) is 5.02 Å². The quantitative estimate of drug-likeness (QED) is 0.854. The smallest absolute Gasteiger partial charge is 0.231 e. The average molecular weight is 372 g/mol. The molecule has 0 radical (unpaired) electrons. The van der Waals surface area contributed by atoms with E-state index in [0.717, 1.165) is 11.3 Å². The van der Waals surface area contributed by atoms with Crippen molar-refractivity contribution in [3.8, 4) is 0 Å². The summed E-state index contributed by atoms with van der Waals surface area (Å²) in [6, 6.07) is 13.4. The van der Waals surface area contributed by atoms with E-state index in [9.17, 15) is 9.50 Å². The van der Waals surface area contributed by atoms with Crippen molar-refractivity contribution in [1.82, 2.24) is 5.32 Å². The molecule has 2 N–H and O–H groups in total. The fraction of sp³-hybridized carbons (Fsp3) is 0.350. The molecule has 5 rings (SSSR count). The van der Waals surface area contributed by atoms with Crippen molar-refractivity contribution in [2.75, 3.05) is 4.90 Å². The van der Waals surface area contributed by atoms with E-state index in [4.69, 9.17) is 11.6 Å². The average Bonchev–Trinajstić information content (AvgIpc) is 3.54. The van der Waals surface area contributed by atoms with Gasteiger partial charge in [0.25, 0.3) is 0 Å². The second-order valence-corrected chi connectivity index (χ2v) is 7.61. The zero-order valence-electron chi connectivity index (χ0n) is 14.1. The number of aliphatic hydroxyl groups excluding tert-OH is 1. The van der Waals surface area contributed by atoms with Gasteiger partial charge in [-0.05, 0) is 48.6 Å². The summed E-state index contributed by atoms with van der Waals surface area (Å²) in [7, 11) is 0. The van der Waals surface area contributed by atoms with Crippen LogP contribution in [0.1, 0.15) is 36.3 Å². The number of nitrogens with one attached hydrogen (secondary N) is 1. The normalized spacial score (nSPS) is 27.0. The predicted octanol–water partition coefficient (Wildman–Crippen LogP) is 4.09. The van der Waals surface area contributed by atoms with E-state index in [1.165, 1.54) is 18.4 Å². The van der Waals surface area contributed by atoms with E-state index < -0.39 is 12.5 Å². The minimum absolute atomic E-state index is 0.219. The lowest BCUT2D eigenvalue weighted by atomic mass is 10.0. The molecule has 3 aliphatic rings. The Morgan fingerprint density at radius 3 is 2.62 bits per heavy atom. The van der Waals surface area contributed by atoms with Crippen LogP contribution < -0.4 is 10.2 Å². The van der Waals surface area contributed by atoms with Crippen LogP contribution in [0.15, 0.2) is 47.5 Å². The summed E-state index contributed by atoms with van der Waals surface area (Å²) in [5.41, 5.74) is 3.67. The van der Waals surface area contributed by atoms with Crippen molar-refractivity contribution in [3.05, 3.63) is 58.6 Å². The highest BCUT2D eigenvalue weighted by molar-refractivity contribution is 6.33. The van der Waals surface area contributed by atoms with E-state index in [1.807, 2.05) is 24.3 Å². The molecule has 2 aromatic rings. The van der Waals surface area contributed by atoms with Crippen molar-refractivity contribution in [2.45, 2.75) is 43.7 Å². The molecule has 1 aliphatic heterocycles. The highest BCUT2D eigenvalue weighted by atomic mass is 35.5. The number of para-hydroxylation sites is 1. The molecule has 1 heterocycles. The molecule has 0 bridgehead atoms. The zero-order valence-corrected chi connectivity index (χ0v) is 14.8. The Morgan fingerprint density at radius 1 is 1.15 bits per heavy atom. The van der Waals surface area contributed by atoms with E-state index in [-0.39, 0.29) is 6.04 Å². The highest BCUT2D eigenvalue weighted by Gasteiger charge is 2.40. The molecule has 0 saturated heterocycles. The van der Waals surface area contributed by atoms with Crippen LogP contribution in [0, 0.1) is 0 Å². The summed E-state index contributed by atoms with van der Waals surface area (Å²) >= 11 is 6.39. The van der Waals surface area contributed by atoms with Crippen LogP contribution in [0.5, 0.6) is 0 Å². The summed E-state index contributed by atoms with van der Waals surface area (Å²) in [4.78, 5) is 6.13. The van der Waals surface area contributed by atoms with Gasteiger partial charge in [0.1, 0.15) is 12.0 Å². The van der Waals surface area contributed by atoms with Gasteiger partial charge in [0.2, 0.25) is 6.35 Å². The number of alkyl halides is 1. The van der Waals surface area contributed by atoms with Gasteiger partial charge in [0, 0.05) is 12.0 Å². The number of hydrogen-bond donors (Lipinski definition) is 2. The predicted molar refractivity (Wildman–Crippen MR) is 101 cm³/mol. The van der Waals surface area contributed by atoms with Gasteiger partial charge in [-0.15, -0.1) is 0 Å². The lowest BCUT2D eigenvalue weighted by Gasteiger charge is -2.35. The van der Waals surface area contributed by atoms with Gasteiger partial charge in [-0.25, -0.2) is 9.38 Å². The summed E-state index contributed by atoms with van der Waals surface area (Å²) < 4.78 is 13.4. The van der Waals surface area contributed by atoms with Crippen molar-refractivity contribution in [1.29, 1.82) is 0 Å². The molecule has 2 saturated carbocycles. The minimum atomic E-state index is -1.11. The molecule has 2 aliphatic carbocycles. The number of amidine groups is 1. The first-order valence-electron chi connectivity index (χ1n) is 8.96. The largest absolute Gasteiger partial charge is 0.364 e. The number of anilines is 2. The summed E-state index contributed by atoms with van der Waals surface area (Å²) in [5, 5.41) is 14.4. The lowest BCUT2D eigenvalue weighted by molar-refractivity contribution is 0.189. The Balaban J connectivity index is 1.61. The Hall–Kier alpha value is -2.11. The van der Waals surface area contributed by atoms with Gasteiger partial charge >= 0.3 is 0 Å². The van der Waals surface area contributed by atoms with E-state index >= 15 is 0 Å². The first-order valence-corrected chi connectivity index (χ1v) is 9.34. The number of halogens is 2. The Bertz CT molecular complexity index is 898. The molecule has 2 aromatic carbocycles. The standard InChI is InChI=1S/C20H19ClFN3O/c21-14-3-1-2-4-17(14)25-18-9-12(11-5-6-11)7-8-13(18)19(24-20(25)26)23-16-10-15(16)22/h1-4,7-9,11,15-16,20,26H,5-6,10H2,(H,23,24)/t15-,16-,20?/m0/s1. The van der Waals surface area contributed by atoms with Gasteiger partial charge in [-0.3, -0.25) is 4.90 Å². The summed E-state index contributed by atoms with van der Waals surface area (Å²) in [6.07, 6.45) is 0.914. The summed E-state index contributed by atoms with van der Waals surface area (Å²) in [5.74, 6) is 1.13. The molecule has 6 heteroatoms. The second kappa shape index (κ2) is 5.96. The molecular formula is C20H19ClFN3O. The Morgan fingerprint density at radius 2 is 1.92 bits per heavy atom.